The first-order valence-corrected chi connectivity index (χ1v) is 8.22. The van der Waals surface area contributed by atoms with Crippen molar-refractivity contribution in [3.8, 4) is 17.2 Å². The van der Waals surface area contributed by atoms with Crippen molar-refractivity contribution >= 4 is 32.8 Å². The van der Waals surface area contributed by atoms with Crippen molar-refractivity contribution in [1.29, 1.82) is 0 Å². The predicted molar refractivity (Wildman–Crippen MR) is 90.6 cm³/mol. The second-order valence-corrected chi connectivity index (χ2v) is 6.34. The van der Waals surface area contributed by atoms with Gasteiger partial charge in [0.2, 0.25) is 11.0 Å². The van der Waals surface area contributed by atoms with E-state index in [1.54, 1.807) is 31.4 Å². The number of carbonyl (C=O) groups is 1. The van der Waals surface area contributed by atoms with E-state index in [1.165, 1.54) is 0 Å². The molecule has 0 saturated heterocycles. The Morgan fingerprint density at radius 2 is 1.78 bits per heavy atom. The third-order valence-electron chi connectivity index (χ3n) is 3.00. The van der Waals surface area contributed by atoms with Gasteiger partial charge in [-0.3, -0.25) is 4.79 Å². The molecule has 0 amide bonds. The summed E-state index contributed by atoms with van der Waals surface area (Å²) in [5.41, 5.74) is 1.34. The number of benzene rings is 2. The molecule has 3 aromatic rings. The van der Waals surface area contributed by atoms with Gasteiger partial charge >= 0.3 is 0 Å². The van der Waals surface area contributed by atoms with Crippen LogP contribution in [0.2, 0.25) is 0 Å². The highest BCUT2D eigenvalue weighted by Gasteiger charge is 2.15. The Morgan fingerprint density at radius 3 is 2.43 bits per heavy atom. The van der Waals surface area contributed by atoms with Gasteiger partial charge in [-0.25, -0.2) is 0 Å². The maximum absolute atomic E-state index is 12.2. The zero-order valence-corrected chi connectivity index (χ0v) is 14.4. The second kappa shape index (κ2) is 6.97. The Morgan fingerprint density at radius 1 is 1.09 bits per heavy atom. The molecule has 0 radical (unpaired) electrons. The highest BCUT2D eigenvalue weighted by atomic mass is 79.9. The molecule has 0 N–H and O–H groups in total. The van der Waals surface area contributed by atoms with Crippen LogP contribution in [0, 0.1) is 0 Å². The van der Waals surface area contributed by atoms with Crippen LogP contribution in [0.4, 0.5) is 0 Å². The minimum absolute atomic E-state index is 0.151. The summed E-state index contributed by atoms with van der Waals surface area (Å²) >= 11 is 4.24. The maximum Gasteiger partial charge on any atom is 0.284 e. The summed E-state index contributed by atoms with van der Waals surface area (Å²) in [7, 11) is 1.60. The lowest BCUT2D eigenvalue weighted by molar-refractivity contribution is 0.108. The quantitative estimate of drug-likeness (QED) is 0.613. The molecule has 116 valence electrons. The standard InChI is InChI=1S/C16H11BrN2O3S/c1-21-13-8-4-10(5-9-13)14-18-19-16(22-14)23-15(20)11-2-6-12(17)7-3-11/h2-9H,1H3. The molecule has 0 aliphatic rings. The lowest BCUT2D eigenvalue weighted by Gasteiger charge is -1.99. The van der Waals surface area contributed by atoms with Gasteiger partial charge in [0.25, 0.3) is 5.22 Å². The molecule has 7 heteroatoms. The lowest BCUT2D eigenvalue weighted by atomic mass is 10.2. The molecule has 2 aromatic carbocycles. The number of ether oxygens (including phenoxy) is 1. The van der Waals surface area contributed by atoms with E-state index in [4.69, 9.17) is 9.15 Å². The molecular formula is C16H11BrN2O3S. The molecule has 0 bridgehead atoms. The number of hydrogen-bond donors (Lipinski definition) is 0. The third-order valence-corrected chi connectivity index (χ3v) is 4.29. The Labute approximate surface area is 145 Å². The fraction of sp³-hybridized carbons (Fsp3) is 0.0625. The number of methoxy groups -OCH3 is 1. The first-order chi connectivity index (χ1) is 11.2. The molecule has 0 spiro atoms. The van der Waals surface area contributed by atoms with E-state index in [0.717, 1.165) is 27.5 Å². The molecule has 0 aliphatic carbocycles. The molecular weight excluding hydrogens is 380 g/mol. The van der Waals surface area contributed by atoms with E-state index >= 15 is 0 Å². The van der Waals surface area contributed by atoms with Gasteiger partial charge < -0.3 is 9.15 Å². The predicted octanol–water partition coefficient (Wildman–Crippen LogP) is 4.44. The Hall–Kier alpha value is -2.12. The highest BCUT2D eigenvalue weighted by Crippen LogP contribution is 2.27. The third kappa shape index (κ3) is 3.80. The number of aromatic nitrogens is 2. The summed E-state index contributed by atoms with van der Waals surface area (Å²) in [4.78, 5) is 12.2. The molecule has 1 heterocycles. The van der Waals surface area contributed by atoms with Gasteiger partial charge in [-0.15, -0.1) is 10.2 Å². The Kier molecular flexibility index (Phi) is 4.78. The van der Waals surface area contributed by atoms with Gasteiger partial charge in [-0.05, 0) is 48.5 Å². The van der Waals surface area contributed by atoms with Crippen molar-refractivity contribution in [3.63, 3.8) is 0 Å². The van der Waals surface area contributed by atoms with Gasteiger partial charge in [-0.2, -0.15) is 0 Å². The van der Waals surface area contributed by atoms with Crippen LogP contribution in [0.5, 0.6) is 5.75 Å². The zero-order valence-electron chi connectivity index (χ0n) is 12.0. The number of thioether (sulfide) groups is 1. The lowest BCUT2D eigenvalue weighted by Crippen LogP contribution is -1.92. The normalized spacial score (nSPS) is 10.5. The average molecular weight is 391 g/mol. The van der Waals surface area contributed by atoms with E-state index in [2.05, 4.69) is 26.1 Å². The topological polar surface area (TPSA) is 65.2 Å². The van der Waals surface area contributed by atoms with Crippen LogP contribution < -0.4 is 4.74 Å². The largest absolute Gasteiger partial charge is 0.497 e. The van der Waals surface area contributed by atoms with E-state index < -0.39 is 0 Å². The van der Waals surface area contributed by atoms with Crippen molar-refractivity contribution in [2.24, 2.45) is 0 Å². The number of rotatable bonds is 4. The number of hydrogen-bond acceptors (Lipinski definition) is 6. The van der Waals surface area contributed by atoms with Crippen LogP contribution in [0.3, 0.4) is 0 Å². The highest BCUT2D eigenvalue weighted by molar-refractivity contribution is 9.10. The fourth-order valence-corrected chi connectivity index (χ4v) is 2.70. The maximum atomic E-state index is 12.2. The Balaban J connectivity index is 1.73. The van der Waals surface area contributed by atoms with E-state index in [0.29, 0.717) is 11.5 Å². The van der Waals surface area contributed by atoms with E-state index in [9.17, 15) is 4.79 Å². The van der Waals surface area contributed by atoms with Gasteiger partial charge in [0, 0.05) is 27.4 Å². The van der Waals surface area contributed by atoms with Crippen molar-refractivity contribution in [1.82, 2.24) is 10.2 Å². The van der Waals surface area contributed by atoms with Gasteiger partial charge in [-0.1, -0.05) is 15.9 Å². The summed E-state index contributed by atoms with van der Waals surface area (Å²) in [5.74, 6) is 1.10. The second-order valence-electron chi connectivity index (χ2n) is 4.50. The van der Waals surface area contributed by atoms with Crippen LogP contribution in [-0.2, 0) is 0 Å². The van der Waals surface area contributed by atoms with E-state index in [-0.39, 0.29) is 10.3 Å². The zero-order chi connectivity index (χ0) is 16.2. The van der Waals surface area contributed by atoms with Crippen molar-refractivity contribution in [3.05, 3.63) is 58.6 Å². The van der Waals surface area contributed by atoms with Crippen molar-refractivity contribution in [2.75, 3.05) is 7.11 Å². The fourth-order valence-electron chi connectivity index (χ4n) is 1.83. The van der Waals surface area contributed by atoms with Crippen molar-refractivity contribution in [2.45, 2.75) is 5.22 Å². The van der Waals surface area contributed by atoms with Crippen LogP contribution in [-0.4, -0.2) is 22.4 Å². The van der Waals surface area contributed by atoms with E-state index in [1.807, 2.05) is 24.3 Å². The molecule has 0 saturated carbocycles. The molecule has 0 unspecified atom stereocenters. The smallest absolute Gasteiger partial charge is 0.284 e. The van der Waals surface area contributed by atoms with Gasteiger partial charge in [0.1, 0.15) is 5.75 Å². The SMILES string of the molecule is COc1ccc(-c2nnc(SC(=O)c3ccc(Br)cc3)o2)cc1. The number of nitrogens with zero attached hydrogens (tertiary/aromatic N) is 2. The van der Waals surface area contributed by atoms with Crippen LogP contribution in [0.15, 0.2) is 62.6 Å². The minimum Gasteiger partial charge on any atom is -0.497 e. The molecule has 3 rings (SSSR count). The number of carbonyl (C=O) groups excluding carboxylic acids is 1. The molecule has 5 nitrogen and oxygen atoms in total. The van der Waals surface area contributed by atoms with Crippen LogP contribution in [0.1, 0.15) is 10.4 Å². The molecule has 0 aliphatic heterocycles. The summed E-state index contributed by atoms with van der Waals surface area (Å²) < 4.78 is 11.5. The number of halogens is 1. The Bertz CT molecular complexity index is 816. The molecule has 1 aromatic heterocycles. The first kappa shape index (κ1) is 15.8. The first-order valence-electron chi connectivity index (χ1n) is 6.61. The minimum atomic E-state index is -0.151. The molecule has 0 atom stereocenters. The average Bonchev–Trinajstić information content (AvgIpc) is 3.04. The monoisotopic (exact) mass is 390 g/mol. The summed E-state index contributed by atoms with van der Waals surface area (Å²) in [6, 6.07) is 14.3. The van der Waals surface area contributed by atoms with Gasteiger partial charge in [0.15, 0.2) is 0 Å². The van der Waals surface area contributed by atoms with Gasteiger partial charge in [0.05, 0.1) is 7.11 Å². The molecule has 23 heavy (non-hydrogen) atoms. The van der Waals surface area contributed by atoms with Crippen molar-refractivity contribution < 1.29 is 13.9 Å². The summed E-state index contributed by atoms with van der Waals surface area (Å²) in [5, 5.41) is 7.93. The molecule has 0 fully saturated rings. The van der Waals surface area contributed by atoms with Crippen LogP contribution >= 0.6 is 27.7 Å². The van der Waals surface area contributed by atoms with Crippen LogP contribution in [0.25, 0.3) is 11.5 Å². The summed E-state index contributed by atoms with van der Waals surface area (Å²) in [6.45, 7) is 0. The summed E-state index contributed by atoms with van der Waals surface area (Å²) in [6.07, 6.45) is 0.